The maximum Gasteiger partial charge on any atom is 0.106 e. The van der Waals surface area contributed by atoms with E-state index in [1.807, 2.05) is 19.3 Å². The van der Waals surface area contributed by atoms with E-state index in [0.29, 0.717) is 0 Å². The van der Waals surface area contributed by atoms with Gasteiger partial charge in [-0.25, -0.2) is 4.98 Å². The predicted octanol–water partition coefficient (Wildman–Crippen LogP) is 2.05. The van der Waals surface area contributed by atoms with E-state index in [4.69, 9.17) is 0 Å². The van der Waals surface area contributed by atoms with Gasteiger partial charge < -0.3 is 5.32 Å². The Morgan fingerprint density at radius 2 is 2.25 bits per heavy atom. The standard InChI is InChI=1S/C9H11BrN2/c1-11-9(4-5-9)7-2-3-8(10)12-6-7/h2-3,6,11H,4-5H2,1H3. The van der Waals surface area contributed by atoms with Crippen molar-refractivity contribution < 1.29 is 0 Å². The monoisotopic (exact) mass is 226 g/mol. The first kappa shape index (κ1) is 8.20. The van der Waals surface area contributed by atoms with Crippen molar-refractivity contribution in [3.8, 4) is 0 Å². The SMILES string of the molecule is CNC1(c2ccc(Br)nc2)CC1. The minimum absolute atomic E-state index is 0.244. The van der Waals surface area contributed by atoms with Crippen LogP contribution in [0.2, 0.25) is 0 Å². The van der Waals surface area contributed by atoms with Crippen molar-refractivity contribution in [2.75, 3.05) is 7.05 Å². The summed E-state index contributed by atoms with van der Waals surface area (Å²) in [6, 6.07) is 4.12. The van der Waals surface area contributed by atoms with E-state index < -0.39 is 0 Å². The Labute approximate surface area is 80.5 Å². The molecule has 0 aromatic carbocycles. The second-order valence-corrected chi connectivity index (χ2v) is 4.01. The summed E-state index contributed by atoms with van der Waals surface area (Å²) < 4.78 is 0.901. The summed E-state index contributed by atoms with van der Waals surface area (Å²) in [6.45, 7) is 0. The lowest BCUT2D eigenvalue weighted by molar-refractivity contribution is 0.583. The highest BCUT2D eigenvalue weighted by atomic mass is 79.9. The maximum absolute atomic E-state index is 4.21. The normalized spacial score (nSPS) is 19.2. The number of nitrogens with zero attached hydrogens (tertiary/aromatic N) is 1. The molecule has 64 valence electrons. The van der Waals surface area contributed by atoms with Gasteiger partial charge in [-0.1, -0.05) is 6.07 Å². The number of hydrogen-bond acceptors (Lipinski definition) is 2. The van der Waals surface area contributed by atoms with Crippen LogP contribution in [0.15, 0.2) is 22.9 Å². The van der Waals surface area contributed by atoms with Crippen LogP contribution in [0.5, 0.6) is 0 Å². The molecule has 2 nitrogen and oxygen atoms in total. The van der Waals surface area contributed by atoms with Gasteiger partial charge in [-0.3, -0.25) is 0 Å². The minimum Gasteiger partial charge on any atom is -0.310 e. The molecule has 0 bridgehead atoms. The number of pyridine rings is 1. The highest BCUT2D eigenvalue weighted by Gasteiger charge is 2.42. The molecular formula is C9H11BrN2. The summed E-state index contributed by atoms with van der Waals surface area (Å²) >= 11 is 3.32. The molecule has 1 heterocycles. The van der Waals surface area contributed by atoms with Gasteiger partial charge in [0.2, 0.25) is 0 Å². The molecule has 1 fully saturated rings. The molecule has 1 aliphatic rings. The van der Waals surface area contributed by atoms with Crippen molar-refractivity contribution in [1.29, 1.82) is 0 Å². The van der Waals surface area contributed by atoms with E-state index in [1.54, 1.807) is 0 Å². The summed E-state index contributed by atoms with van der Waals surface area (Å²) in [5.74, 6) is 0. The zero-order chi connectivity index (χ0) is 8.60. The van der Waals surface area contributed by atoms with Gasteiger partial charge >= 0.3 is 0 Å². The Bertz CT molecular complexity index is 277. The van der Waals surface area contributed by atoms with Crippen LogP contribution in [-0.2, 0) is 5.54 Å². The molecule has 1 aliphatic carbocycles. The van der Waals surface area contributed by atoms with E-state index in [0.717, 1.165) is 4.60 Å². The fourth-order valence-electron chi connectivity index (χ4n) is 1.47. The first-order valence-electron chi connectivity index (χ1n) is 4.08. The Morgan fingerprint density at radius 1 is 1.50 bits per heavy atom. The van der Waals surface area contributed by atoms with E-state index in [1.165, 1.54) is 18.4 Å². The van der Waals surface area contributed by atoms with E-state index in [-0.39, 0.29) is 5.54 Å². The fraction of sp³-hybridized carbons (Fsp3) is 0.444. The van der Waals surface area contributed by atoms with Gasteiger partial charge in [-0.15, -0.1) is 0 Å². The Balaban J connectivity index is 2.29. The van der Waals surface area contributed by atoms with Crippen LogP contribution in [0, 0.1) is 0 Å². The number of rotatable bonds is 2. The zero-order valence-electron chi connectivity index (χ0n) is 6.97. The van der Waals surface area contributed by atoms with Gasteiger partial charge in [0.25, 0.3) is 0 Å². The first-order valence-corrected chi connectivity index (χ1v) is 4.87. The summed E-state index contributed by atoms with van der Waals surface area (Å²) in [7, 11) is 2.01. The molecule has 0 aliphatic heterocycles. The molecule has 2 rings (SSSR count). The molecule has 12 heavy (non-hydrogen) atoms. The quantitative estimate of drug-likeness (QED) is 0.782. The van der Waals surface area contributed by atoms with Crippen LogP contribution in [0.1, 0.15) is 18.4 Å². The molecule has 0 saturated heterocycles. The molecule has 0 unspecified atom stereocenters. The van der Waals surface area contributed by atoms with Gasteiger partial charge in [-0.2, -0.15) is 0 Å². The van der Waals surface area contributed by atoms with Crippen molar-refractivity contribution >= 4 is 15.9 Å². The molecule has 1 aromatic heterocycles. The molecule has 3 heteroatoms. The van der Waals surface area contributed by atoms with Gasteiger partial charge in [0.1, 0.15) is 4.60 Å². The Kier molecular flexibility index (Phi) is 1.93. The Morgan fingerprint density at radius 3 is 2.67 bits per heavy atom. The average molecular weight is 227 g/mol. The molecule has 1 aromatic rings. The van der Waals surface area contributed by atoms with Gasteiger partial charge in [0.05, 0.1) is 0 Å². The second kappa shape index (κ2) is 2.82. The highest BCUT2D eigenvalue weighted by Crippen LogP contribution is 2.44. The topological polar surface area (TPSA) is 24.9 Å². The van der Waals surface area contributed by atoms with Gasteiger partial charge in [-0.05, 0) is 47.4 Å². The van der Waals surface area contributed by atoms with Crippen molar-refractivity contribution in [3.63, 3.8) is 0 Å². The second-order valence-electron chi connectivity index (χ2n) is 3.20. The fourth-order valence-corrected chi connectivity index (χ4v) is 1.70. The van der Waals surface area contributed by atoms with Crippen LogP contribution >= 0.6 is 15.9 Å². The summed E-state index contributed by atoms with van der Waals surface area (Å²) in [4.78, 5) is 4.21. The summed E-state index contributed by atoms with van der Waals surface area (Å²) in [6.07, 6.45) is 4.40. The van der Waals surface area contributed by atoms with E-state index in [2.05, 4.69) is 32.3 Å². The van der Waals surface area contributed by atoms with Crippen LogP contribution in [-0.4, -0.2) is 12.0 Å². The molecule has 1 N–H and O–H groups in total. The number of aromatic nitrogens is 1. The highest BCUT2D eigenvalue weighted by molar-refractivity contribution is 9.10. The number of nitrogens with one attached hydrogen (secondary N) is 1. The van der Waals surface area contributed by atoms with Crippen molar-refractivity contribution in [1.82, 2.24) is 10.3 Å². The molecule has 0 radical (unpaired) electrons. The number of hydrogen-bond donors (Lipinski definition) is 1. The first-order chi connectivity index (χ1) is 5.77. The third-order valence-corrected chi connectivity index (χ3v) is 2.98. The number of halogens is 1. The zero-order valence-corrected chi connectivity index (χ0v) is 8.56. The average Bonchev–Trinajstić information content (AvgIpc) is 2.86. The van der Waals surface area contributed by atoms with Crippen LogP contribution < -0.4 is 5.32 Å². The molecule has 0 spiro atoms. The van der Waals surface area contributed by atoms with Crippen LogP contribution in [0.4, 0.5) is 0 Å². The predicted molar refractivity (Wildman–Crippen MR) is 51.9 cm³/mol. The van der Waals surface area contributed by atoms with Crippen molar-refractivity contribution in [2.45, 2.75) is 18.4 Å². The molecular weight excluding hydrogens is 216 g/mol. The minimum atomic E-state index is 0.244. The largest absolute Gasteiger partial charge is 0.310 e. The Hall–Kier alpha value is -0.410. The van der Waals surface area contributed by atoms with E-state index in [9.17, 15) is 0 Å². The van der Waals surface area contributed by atoms with Crippen molar-refractivity contribution in [2.24, 2.45) is 0 Å². The third-order valence-electron chi connectivity index (χ3n) is 2.51. The molecule has 0 amide bonds. The summed E-state index contributed by atoms with van der Waals surface area (Å²) in [5.41, 5.74) is 1.54. The maximum atomic E-state index is 4.21. The lowest BCUT2D eigenvalue weighted by Gasteiger charge is -2.13. The lowest BCUT2D eigenvalue weighted by Crippen LogP contribution is -2.24. The molecule has 1 saturated carbocycles. The third kappa shape index (κ3) is 1.27. The van der Waals surface area contributed by atoms with Gasteiger partial charge in [0.15, 0.2) is 0 Å². The van der Waals surface area contributed by atoms with Gasteiger partial charge in [0, 0.05) is 11.7 Å². The van der Waals surface area contributed by atoms with Crippen LogP contribution in [0.3, 0.4) is 0 Å². The lowest BCUT2D eigenvalue weighted by atomic mass is 10.1. The summed E-state index contributed by atoms with van der Waals surface area (Å²) in [5, 5.41) is 3.33. The van der Waals surface area contributed by atoms with E-state index >= 15 is 0 Å². The van der Waals surface area contributed by atoms with Crippen molar-refractivity contribution in [3.05, 3.63) is 28.5 Å². The smallest absolute Gasteiger partial charge is 0.106 e. The van der Waals surface area contributed by atoms with Crippen LogP contribution in [0.25, 0.3) is 0 Å². The molecule has 0 atom stereocenters.